The second-order valence-corrected chi connectivity index (χ2v) is 4.86. The first kappa shape index (κ1) is 14.4. The molecule has 0 bridgehead atoms. The number of hydrogen-bond donors (Lipinski definition) is 1. The molecule has 2 heterocycles. The molecule has 1 aliphatic heterocycles. The second kappa shape index (κ2) is 6.00. The Bertz CT molecular complexity index is 486. The highest BCUT2D eigenvalue weighted by atomic mass is 16.6. The molecule has 2 unspecified atom stereocenters. The van der Waals surface area contributed by atoms with E-state index in [-0.39, 0.29) is 29.9 Å². The Hall–Kier alpha value is -1.96. The van der Waals surface area contributed by atoms with Gasteiger partial charge in [0.1, 0.15) is 12.3 Å². The number of aromatic nitrogens is 2. The number of nitrogens with one attached hydrogen (secondary N) is 1. The lowest BCUT2D eigenvalue weighted by Gasteiger charge is -2.31. The number of hydrogen-bond acceptors (Lipinski definition) is 7. The Morgan fingerprint density at radius 2 is 2.10 bits per heavy atom. The van der Waals surface area contributed by atoms with Gasteiger partial charge in [-0.2, -0.15) is 4.98 Å². The van der Waals surface area contributed by atoms with Crippen molar-refractivity contribution in [1.29, 1.82) is 0 Å². The zero-order chi connectivity index (χ0) is 14.7. The van der Waals surface area contributed by atoms with Gasteiger partial charge in [-0.05, 0) is 13.8 Å². The first-order valence-corrected chi connectivity index (χ1v) is 6.51. The third kappa shape index (κ3) is 3.32. The van der Waals surface area contributed by atoms with E-state index >= 15 is 0 Å². The maximum Gasteiger partial charge on any atom is 0.349 e. The van der Waals surface area contributed by atoms with Crippen molar-refractivity contribution in [2.24, 2.45) is 0 Å². The summed E-state index contributed by atoms with van der Waals surface area (Å²) in [5.41, 5.74) is -0.226. The third-order valence-electron chi connectivity index (χ3n) is 3.09. The summed E-state index contributed by atoms with van der Waals surface area (Å²) in [6, 6.07) is 0. The standard InChI is InChI=1S/C12H18N4O4/c1-7-4-9(5-8(2)19-7)20-11-10(16(17)18)6-14-12(13-3)15-11/h6-9H,4-5H2,1-3H3,(H,13,14,15). The summed E-state index contributed by atoms with van der Waals surface area (Å²) < 4.78 is 11.3. The van der Waals surface area contributed by atoms with Crippen molar-refractivity contribution in [2.45, 2.75) is 45.0 Å². The van der Waals surface area contributed by atoms with Crippen LogP contribution in [0, 0.1) is 10.1 Å². The van der Waals surface area contributed by atoms with Crippen molar-refractivity contribution in [1.82, 2.24) is 9.97 Å². The van der Waals surface area contributed by atoms with Crippen LogP contribution < -0.4 is 10.1 Å². The van der Waals surface area contributed by atoms with E-state index < -0.39 is 4.92 Å². The molecule has 8 nitrogen and oxygen atoms in total. The molecule has 110 valence electrons. The largest absolute Gasteiger partial charge is 0.469 e. The molecule has 1 fully saturated rings. The van der Waals surface area contributed by atoms with Gasteiger partial charge < -0.3 is 14.8 Å². The minimum absolute atomic E-state index is 0.000602. The number of nitrogens with zero attached hydrogens (tertiary/aromatic N) is 3. The predicted octanol–water partition coefficient (Wildman–Crippen LogP) is 1.76. The van der Waals surface area contributed by atoms with E-state index in [1.54, 1.807) is 7.05 Å². The van der Waals surface area contributed by atoms with Crippen LogP contribution in [0.15, 0.2) is 6.20 Å². The zero-order valence-corrected chi connectivity index (χ0v) is 11.7. The van der Waals surface area contributed by atoms with Gasteiger partial charge in [0.25, 0.3) is 5.88 Å². The van der Waals surface area contributed by atoms with Gasteiger partial charge in [-0.3, -0.25) is 10.1 Å². The topological polar surface area (TPSA) is 99.4 Å². The lowest BCUT2D eigenvalue weighted by atomic mass is 10.0. The molecule has 0 amide bonds. The SMILES string of the molecule is CNc1ncc([N+](=O)[O-])c(OC2CC(C)OC(C)C2)n1. The van der Waals surface area contributed by atoms with Gasteiger partial charge in [0.15, 0.2) is 0 Å². The Labute approximate surface area is 116 Å². The fraction of sp³-hybridized carbons (Fsp3) is 0.667. The maximum absolute atomic E-state index is 11.0. The third-order valence-corrected chi connectivity index (χ3v) is 3.09. The van der Waals surface area contributed by atoms with Gasteiger partial charge in [-0.25, -0.2) is 4.98 Å². The fourth-order valence-corrected chi connectivity index (χ4v) is 2.29. The molecule has 0 aromatic carbocycles. The van der Waals surface area contributed by atoms with Crippen LogP contribution in [0.1, 0.15) is 26.7 Å². The van der Waals surface area contributed by atoms with Crippen LogP contribution in [0.25, 0.3) is 0 Å². The summed E-state index contributed by atoms with van der Waals surface area (Å²) in [6.07, 6.45) is 2.50. The molecule has 8 heteroatoms. The summed E-state index contributed by atoms with van der Waals surface area (Å²) in [5, 5.41) is 13.7. The van der Waals surface area contributed by atoms with E-state index in [1.807, 2.05) is 13.8 Å². The van der Waals surface area contributed by atoms with Gasteiger partial charge in [0.2, 0.25) is 5.95 Å². The van der Waals surface area contributed by atoms with Crippen molar-refractivity contribution in [3.05, 3.63) is 16.3 Å². The highest BCUT2D eigenvalue weighted by Gasteiger charge is 2.29. The Kier molecular flexibility index (Phi) is 4.33. The lowest BCUT2D eigenvalue weighted by molar-refractivity contribution is -0.386. The average Bonchev–Trinajstić information content (AvgIpc) is 2.37. The van der Waals surface area contributed by atoms with Gasteiger partial charge in [-0.1, -0.05) is 0 Å². The van der Waals surface area contributed by atoms with Crippen molar-refractivity contribution in [3.63, 3.8) is 0 Å². The van der Waals surface area contributed by atoms with E-state index in [2.05, 4.69) is 15.3 Å². The van der Waals surface area contributed by atoms with Crippen LogP contribution in [-0.2, 0) is 4.74 Å². The average molecular weight is 282 g/mol. The van der Waals surface area contributed by atoms with Crippen LogP contribution >= 0.6 is 0 Å². The molecule has 2 atom stereocenters. The number of rotatable bonds is 4. The van der Waals surface area contributed by atoms with E-state index in [0.29, 0.717) is 18.8 Å². The molecular weight excluding hydrogens is 264 g/mol. The monoisotopic (exact) mass is 282 g/mol. The van der Waals surface area contributed by atoms with Crippen molar-refractivity contribution in [3.8, 4) is 5.88 Å². The van der Waals surface area contributed by atoms with Gasteiger partial charge in [-0.15, -0.1) is 0 Å². The number of nitro groups is 1. The molecule has 1 aliphatic rings. The highest BCUT2D eigenvalue weighted by molar-refractivity contribution is 5.43. The second-order valence-electron chi connectivity index (χ2n) is 4.86. The lowest BCUT2D eigenvalue weighted by Crippen LogP contribution is -2.36. The number of anilines is 1. The highest BCUT2D eigenvalue weighted by Crippen LogP contribution is 2.29. The van der Waals surface area contributed by atoms with Crippen LogP contribution in [0.5, 0.6) is 5.88 Å². The molecule has 0 aliphatic carbocycles. The van der Waals surface area contributed by atoms with Crippen LogP contribution in [0.4, 0.5) is 11.6 Å². The van der Waals surface area contributed by atoms with Crippen LogP contribution in [0.3, 0.4) is 0 Å². The fourth-order valence-electron chi connectivity index (χ4n) is 2.29. The van der Waals surface area contributed by atoms with E-state index in [1.165, 1.54) is 0 Å². The predicted molar refractivity (Wildman–Crippen MR) is 71.9 cm³/mol. The summed E-state index contributed by atoms with van der Waals surface area (Å²) in [4.78, 5) is 18.3. The normalized spacial score (nSPS) is 26.1. The first-order chi connectivity index (χ1) is 9.49. The molecule has 2 rings (SSSR count). The van der Waals surface area contributed by atoms with Gasteiger partial charge in [0, 0.05) is 19.9 Å². The van der Waals surface area contributed by atoms with Crippen molar-refractivity contribution in [2.75, 3.05) is 12.4 Å². The molecule has 20 heavy (non-hydrogen) atoms. The molecule has 1 saturated heterocycles. The molecule has 1 N–H and O–H groups in total. The summed E-state index contributed by atoms with van der Waals surface area (Å²) in [7, 11) is 1.64. The molecule has 0 spiro atoms. The van der Waals surface area contributed by atoms with E-state index in [0.717, 1.165) is 6.20 Å². The van der Waals surface area contributed by atoms with Crippen LogP contribution in [-0.4, -0.2) is 40.3 Å². The molecule has 0 saturated carbocycles. The zero-order valence-electron chi connectivity index (χ0n) is 11.7. The summed E-state index contributed by atoms with van der Waals surface area (Å²) in [5.74, 6) is 0.291. The van der Waals surface area contributed by atoms with Gasteiger partial charge >= 0.3 is 5.69 Å². The maximum atomic E-state index is 11.0. The molecule has 1 aromatic rings. The molecule has 0 radical (unpaired) electrons. The quantitative estimate of drug-likeness (QED) is 0.663. The minimum Gasteiger partial charge on any atom is -0.469 e. The van der Waals surface area contributed by atoms with Crippen molar-refractivity contribution < 1.29 is 14.4 Å². The van der Waals surface area contributed by atoms with Gasteiger partial charge in [0.05, 0.1) is 17.1 Å². The number of ether oxygens (including phenoxy) is 2. The Balaban J connectivity index is 2.20. The smallest absolute Gasteiger partial charge is 0.349 e. The molecule has 1 aromatic heterocycles. The first-order valence-electron chi connectivity index (χ1n) is 6.51. The minimum atomic E-state index is -0.541. The summed E-state index contributed by atoms with van der Waals surface area (Å²) >= 11 is 0. The van der Waals surface area contributed by atoms with E-state index in [9.17, 15) is 10.1 Å². The molecular formula is C12H18N4O4. The summed E-state index contributed by atoms with van der Waals surface area (Å²) in [6.45, 7) is 3.92. The Morgan fingerprint density at radius 1 is 1.45 bits per heavy atom. The Morgan fingerprint density at radius 3 is 2.65 bits per heavy atom. The van der Waals surface area contributed by atoms with E-state index in [4.69, 9.17) is 9.47 Å². The van der Waals surface area contributed by atoms with Crippen molar-refractivity contribution >= 4 is 11.6 Å². The van der Waals surface area contributed by atoms with Crippen LogP contribution in [0.2, 0.25) is 0 Å².